The third kappa shape index (κ3) is 3.68. The van der Waals surface area contributed by atoms with Crippen LogP contribution in [0.3, 0.4) is 0 Å². The lowest BCUT2D eigenvalue weighted by molar-refractivity contribution is -0.142. The van der Waals surface area contributed by atoms with Crippen molar-refractivity contribution in [3.8, 4) is 0 Å². The van der Waals surface area contributed by atoms with Crippen LogP contribution in [0.15, 0.2) is 0 Å². The second-order valence-electron chi connectivity index (χ2n) is 5.85. The van der Waals surface area contributed by atoms with Crippen molar-refractivity contribution in [3.05, 3.63) is 0 Å². The SMILES string of the molecule is CC(C)C[C@H](O)C(=O)N(C)CC1(CO)CCC1. The van der Waals surface area contributed by atoms with Crippen molar-refractivity contribution in [3.63, 3.8) is 0 Å². The van der Waals surface area contributed by atoms with E-state index in [0.717, 1.165) is 19.3 Å². The molecule has 0 spiro atoms. The van der Waals surface area contributed by atoms with Crippen LogP contribution in [0.25, 0.3) is 0 Å². The molecule has 2 N–H and O–H groups in total. The van der Waals surface area contributed by atoms with Crippen molar-refractivity contribution < 1.29 is 15.0 Å². The van der Waals surface area contributed by atoms with Crippen molar-refractivity contribution in [2.24, 2.45) is 11.3 Å². The Labute approximate surface area is 104 Å². The molecule has 0 bridgehead atoms. The summed E-state index contributed by atoms with van der Waals surface area (Å²) < 4.78 is 0. The van der Waals surface area contributed by atoms with E-state index in [4.69, 9.17) is 0 Å². The molecular weight excluding hydrogens is 218 g/mol. The van der Waals surface area contributed by atoms with Gasteiger partial charge in [0, 0.05) is 19.0 Å². The molecule has 1 saturated carbocycles. The molecule has 1 atom stereocenters. The highest BCUT2D eigenvalue weighted by Gasteiger charge is 2.38. The molecule has 1 rings (SSSR count). The number of carbonyl (C=O) groups is 1. The van der Waals surface area contributed by atoms with Gasteiger partial charge in [0.15, 0.2) is 0 Å². The first kappa shape index (κ1) is 14.5. The summed E-state index contributed by atoms with van der Waals surface area (Å²) in [6.07, 6.45) is 2.66. The Morgan fingerprint density at radius 1 is 1.41 bits per heavy atom. The average molecular weight is 243 g/mol. The van der Waals surface area contributed by atoms with Crippen molar-refractivity contribution in [1.29, 1.82) is 0 Å². The Hall–Kier alpha value is -0.610. The van der Waals surface area contributed by atoms with Crippen molar-refractivity contribution in [2.45, 2.75) is 45.6 Å². The average Bonchev–Trinajstić information content (AvgIpc) is 2.21. The molecule has 1 aliphatic rings. The van der Waals surface area contributed by atoms with Gasteiger partial charge in [-0.1, -0.05) is 20.3 Å². The monoisotopic (exact) mass is 243 g/mol. The topological polar surface area (TPSA) is 60.8 Å². The Morgan fingerprint density at radius 3 is 2.35 bits per heavy atom. The molecular formula is C13H25NO3. The van der Waals surface area contributed by atoms with Gasteiger partial charge in [-0.15, -0.1) is 0 Å². The van der Waals surface area contributed by atoms with Crippen LogP contribution in [0, 0.1) is 11.3 Å². The quantitative estimate of drug-likeness (QED) is 0.732. The summed E-state index contributed by atoms with van der Waals surface area (Å²) in [6, 6.07) is 0. The van der Waals surface area contributed by atoms with Crippen molar-refractivity contribution in [2.75, 3.05) is 20.2 Å². The third-order valence-corrected chi connectivity index (χ3v) is 3.68. The molecule has 100 valence electrons. The lowest BCUT2D eigenvalue weighted by Gasteiger charge is -2.43. The van der Waals surface area contributed by atoms with Crippen molar-refractivity contribution in [1.82, 2.24) is 4.90 Å². The lowest BCUT2D eigenvalue weighted by atomic mass is 9.69. The molecule has 1 fully saturated rings. The zero-order valence-electron chi connectivity index (χ0n) is 11.1. The molecule has 0 aromatic rings. The summed E-state index contributed by atoms with van der Waals surface area (Å²) in [5.41, 5.74) is -0.109. The van der Waals surface area contributed by atoms with Gasteiger partial charge in [0.2, 0.25) is 0 Å². The Morgan fingerprint density at radius 2 is 2.00 bits per heavy atom. The largest absolute Gasteiger partial charge is 0.396 e. The van der Waals surface area contributed by atoms with Crippen molar-refractivity contribution >= 4 is 5.91 Å². The standard InChI is InChI=1S/C13H25NO3/c1-10(2)7-11(16)12(17)14(3)8-13(9-15)5-4-6-13/h10-11,15-16H,4-9H2,1-3H3/t11-/m0/s1. The molecule has 0 aromatic heterocycles. The van der Waals surface area contributed by atoms with E-state index in [1.807, 2.05) is 13.8 Å². The van der Waals surface area contributed by atoms with Crippen LogP contribution in [0.2, 0.25) is 0 Å². The second kappa shape index (κ2) is 5.83. The molecule has 0 saturated heterocycles. The summed E-state index contributed by atoms with van der Waals surface area (Å²) >= 11 is 0. The Bertz CT molecular complexity index is 256. The van der Waals surface area contributed by atoms with E-state index in [1.165, 1.54) is 0 Å². The van der Waals surface area contributed by atoms with Gasteiger partial charge in [-0.25, -0.2) is 0 Å². The fourth-order valence-corrected chi connectivity index (χ4v) is 2.43. The number of likely N-dealkylation sites (N-methyl/N-ethyl adjacent to an activating group) is 1. The van der Waals surface area contributed by atoms with Gasteiger partial charge in [-0.2, -0.15) is 0 Å². The first-order valence-electron chi connectivity index (χ1n) is 6.44. The predicted octanol–water partition coefficient (Wildman–Crippen LogP) is 1.01. The molecule has 0 unspecified atom stereocenters. The molecule has 1 aliphatic carbocycles. The van der Waals surface area contributed by atoms with E-state index >= 15 is 0 Å². The highest BCUT2D eigenvalue weighted by atomic mass is 16.3. The number of aliphatic hydroxyl groups excluding tert-OH is 2. The maximum Gasteiger partial charge on any atom is 0.251 e. The molecule has 0 aliphatic heterocycles. The number of nitrogens with zero attached hydrogens (tertiary/aromatic N) is 1. The first-order chi connectivity index (χ1) is 7.90. The van der Waals surface area contributed by atoms with Gasteiger partial charge in [0.1, 0.15) is 6.10 Å². The molecule has 17 heavy (non-hydrogen) atoms. The van der Waals surface area contributed by atoms with Crippen LogP contribution in [0.4, 0.5) is 0 Å². The molecule has 4 nitrogen and oxygen atoms in total. The van der Waals surface area contributed by atoms with Crippen LogP contribution in [-0.4, -0.2) is 47.3 Å². The van der Waals surface area contributed by atoms with Crippen LogP contribution in [0.1, 0.15) is 39.5 Å². The Balaban J connectivity index is 2.46. The molecule has 4 heteroatoms. The van der Waals surface area contributed by atoms with E-state index in [1.54, 1.807) is 11.9 Å². The second-order valence-corrected chi connectivity index (χ2v) is 5.85. The molecule has 0 heterocycles. The highest BCUT2D eigenvalue weighted by Crippen LogP contribution is 2.40. The van der Waals surface area contributed by atoms with Crippen LogP contribution in [-0.2, 0) is 4.79 Å². The summed E-state index contributed by atoms with van der Waals surface area (Å²) in [5.74, 6) is 0.0799. The minimum absolute atomic E-state index is 0.109. The maximum atomic E-state index is 11.9. The first-order valence-corrected chi connectivity index (χ1v) is 6.44. The van der Waals surface area contributed by atoms with Crippen LogP contribution >= 0.6 is 0 Å². The van der Waals surface area contributed by atoms with E-state index in [2.05, 4.69) is 0 Å². The number of amides is 1. The fraction of sp³-hybridized carbons (Fsp3) is 0.923. The third-order valence-electron chi connectivity index (χ3n) is 3.68. The zero-order valence-corrected chi connectivity index (χ0v) is 11.1. The maximum absolute atomic E-state index is 11.9. The molecule has 0 aromatic carbocycles. The minimum Gasteiger partial charge on any atom is -0.396 e. The smallest absolute Gasteiger partial charge is 0.251 e. The van der Waals surface area contributed by atoms with E-state index < -0.39 is 6.10 Å². The van der Waals surface area contributed by atoms with Gasteiger partial charge in [0.05, 0.1) is 6.61 Å². The number of rotatable bonds is 6. The normalized spacial score (nSPS) is 19.9. The minimum atomic E-state index is -0.907. The van der Waals surface area contributed by atoms with Crippen LogP contribution in [0.5, 0.6) is 0 Å². The molecule has 0 radical (unpaired) electrons. The fourth-order valence-electron chi connectivity index (χ4n) is 2.43. The van der Waals surface area contributed by atoms with Gasteiger partial charge >= 0.3 is 0 Å². The zero-order chi connectivity index (χ0) is 13.1. The van der Waals surface area contributed by atoms with Gasteiger partial charge < -0.3 is 15.1 Å². The lowest BCUT2D eigenvalue weighted by Crippen LogP contribution is -2.48. The number of hydrogen-bond acceptors (Lipinski definition) is 3. The predicted molar refractivity (Wildman–Crippen MR) is 66.5 cm³/mol. The summed E-state index contributed by atoms with van der Waals surface area (Å²) in [5, 5.41) is 19.1. The summed E-state index contributed by atoms with van der Waals surface area (Å²) in [4.78, 5) is 13.5. The highest BCUT2D eigenvalue weighted by molar-refractivity contribution is 5.80. The van der Waals surface area contributed by atoms with Gasteiger partial charge in [-0.05, 0) is 25.2 Å². The summed E-state index contributed by atoms with van der Waals surface area (Å²) in [7, 11) is 1.71. The Kier molecular flexibility index (Phi) is 4.95. The van der Waals surface area contributed by atoms with E-state index in [9.17, 15) is 15.0 Å². The van der Waals surface area contributed by atoms with E-state index in [-0.39, 0.29) is 17.9 Å². The van der Waals surface area contributed by atoms with E-state index in [0.29, 0.717) is 18.9 Å². The number of hydrogen-bond donors (Lipinski definition) is 2. The van der Waals surface area contributed by atoms with Gasteiger partial charge in [-0.3, -0.25) is 4.79 Å². The number of aliphatic hydroxyl groups is 2. The van der Waals surface area contributed by atoms with Crippen LogP contribution < -0.4 is 0 Å². The van der Waals surface area contributed by atoms with Gasteiger partial charge in [0.25, 0.3) is 5.91 Å². The summed E-state index contributed by atoms with van der Waals surface area (Å²) in [6.45, 7) is 4.65. The molecule has 1 amide bonds. The number of carbonyl (C=O) groups excluding carboxylic acids is 1.